The third-order valence-electron chi connectivity index (χ3n) is 2.52. The van der Waals surface area contributed by atoms with Crippen molar-refractivity contribution < 1.29 is 0 Å². The molecule has 1 aromatic carbocycles. The van der Waals surface area contributed by atoms with E-state index in [9.17, 15) is 5.26 Å². The van der Waals surface area contributed by atoms with Crippen molar-refractivity contribution >= 4 is 11.8 Å². The van der Waals surface area contributed by atoms with Crippen molar-refractivity contribution in [2.75, 3.05) is 7.05 Å². The highest BCUT2D eigenvalue weighted by Gasteiger charge is 2.08. The van der Waals surface area contributed by atoms with Gasteiger partial charge < -0.3 is 9.88 Å². The van der Waals surface area contributed by atoms with Crippen LogP contribution in [0.15, 0.2) is 40.6 Å². The van der Waals surface area contributed by atoms with E-state index >= 15 is 0 Å². The molecule has 5 heteroatoms. The minimum Gasteiger partial charge on any atom is -0.329 e. The zero-order valence-corrected chi connectivity index (χ0v) is 11.2. The van der Waals surface area contributed by atoms with E-state index in [1.54, 1.807) is 6.20 Å². The predicted molar refractivity (Wildman–Crippen MR) is 71.3 cm³/mol. The molecule has 0 aliphatic rings. The third-order valence-corrected chi connectivity index (χ3v) is 3.68. The minimum atomic E-state index is 0.691. The molecule has 0 radical (unpaired) electrons. The first-order valence-corrected chi connectivity index (χ1v) is 6.39. The zero-order valence-electron chi connectivity index (χ0n) is 10.3. The second-order valence-corrected chi connectivity index (χ2v) is 4.90. The Labute approximate surface area is 111 Å². The summed E-state index contributed by atoms with van der Waals surface area (Å²) in [5.74, 6) is 0. The van der Waals surface area contributed by atoms with E-state index in [1.807, 2.05) is 43.1 Å². The Morgan fingerprint density at radius 3 is 2.94 bits per heavy atom. The van der Waals surface area contributed by atoms with Gasteiger partial charge in [-0.2, -0.15) is 5.26 Å². The third kappa shape index (κ3) is 2.73. The van der Waals surface area contributed by atoms with Crippen LogP contribution in [0, 0.1) is 11.3 Å². The number of nitriles is 1. The second kappa shape index (κ2) is 5.71. The molecule has 92 valence electrons. The molecule has 0 amide bonds. The van der Waals surface area contributed by atoms with Gasteiger partial charge in [0, 0.05) is 30.9 Å². The zero-order chi connectivity index (χ0) is 13.0. The molecule has 1 N–H and O–H groups in total. The van der Waals surface area contributed by atoms with Crippen LogP contribution in [0.25, 0.3) is 0 Å². The Kier molecular flexibility index (Phi) is 4.03. The van der Waals surface area contributed by atoms with Gasteiger partial charge in [-0.25, -0.2) is 4.98 Å². The van der Waals surface area contributed by atoms with Crippen LogP contribution in [0.5, 0.6) is 0 Å². The summed E-state index contributed by atoms with van der Waals surface area (Å²) in [6.07, 6.45) is 3.65. The molecule has 18 heavy (non-hydrogen) atoms. The quantitative estimate of drug-likeness (QED) is 0.913. The van der Waals surface area contributed by atoms with Crippen LogP contribution in [0.3, 0.4) is 0 Å². The average molecular weight is 258 g/mol. The van der Waals surface area contributed by atoms with Crippen molar-refractivity contribution in [3.63, 3.8) is 0 Å². The molecule has 1 aromatic heterocycles. The summed E-state index contributed by atoms with van der Waals surface area (Å²) in [4.78, 5) is 5.19. The van der Waals surface area contributed by atoms with Crippen molar-refractivity contribution in [3.05, 3.63) is 41.7 Å². The minimum absolute atomic E-state index is 0.691. The molecule has 0 saturated carbocycles. The summed E-state index contributed by atoms with van der Waals surface area (Å²) >= 11 is 1.51. The normalized spacial score (nSPS) is 10.3. The highest BCUT2D eigenvalue weighted by atomic mass is 32.2. The van der Waals surface area contributed by atoms with Crippen LogP contribution < -0.4 is 5.32 Å². The number of aromatic nitrogens is 2. The molecule has 1 heterocycles. The summed E-state index contributed by atoms with van der Waals surface area (Å²) in [6.45, 7) is 0.766. The van der Waals surface area contributed by atoms with Crippen molar-refractivity contribution in [2.24, 2.45) is 7.05 Å². The maximum absolute atomic E-state index is 9.20. The fourth-order valence-corrected chi connectivity index (χ4v) is 2.48. The molecule has 0 aliphatic carbocycles. The standard InChI is InChI=1S/C13H14N4S/c1-15-9-10-3-4-12(11(7-10)8-14)18-13-16-5-6-17(13)2/h3-7,15H,9H2,1-2H3. The molecule has 0 unspecified atom stereocenters. The fraction of sp³-hybridized carbons (Fsp3) is 0.231. The summed E-state index contributed by atoms with van der Waals surface area (Å²) in [7, 11) is 3.83. The molecule has 4 nitrogen and oxygen atoms in total. The molecule has 0 fully saturated rings. The van der Waals surface area contributed by atoms with Crippen LogP contribution in [-0.2, 0) is 13.6 Å². The lowest BCUT2D eigenvalue weighted by Crippen LogP contribution is -2.05. The van der Waals surface area contributed by atoms with Crippen molar-refractivity contribution in [3.8, 4) is 6.07 Å². The van der Waals surface area contributed by atoms with Crippen LogP contribution >= 0.6 is 11.8 Å². The lowest BCUT2D eigenvalue weighted by molar-refractivity contribution is 0.789. The van der Waals surface area contributed by atoms with Gasteiger partial charge in [0.1, 0.15) is 6.07 Å². The highest BCUT2D eigenvalue weighted by Crippen LogP contribution is 2.29. The second-order valence-electron chi connectivity index (χ2n) is 3.90. The fourth-order valence-electron chi connectivity index (χ4n) is 1.62. The van der Waals surface area contributed by atoms with Crippen LogP contribution in [0.4, 0.5) is 0 Å². The lowest BCUT2D eigenvalue weighted by atomic mass is 10.1. The van der Waals surface area contributed by atoms with Gasteiger partial charge in [0.25, 0.3) is 0 Å². The van der Waals surface area contributed by atoms with Crippen LogP contribution in [0.1, 0.15) is 11.1 Å². The van der Waals surface area contributed by atoms with Gasteiger partial charge in [-0.05, 0) is 24.7 Å². The molecule has 0 aliphatic heterocycles. The Morgan fingerprint density at radius 2 is 2.33 bits per heavy atom. The van der Waals surface area contributed by atoms with Gasteiger partial charge in [0.2, 0.25) is 0 Å². The number of hydrogen-bond donors (Lipinski definition) is 1. The molecule has 0 spiro atoms. The molecular formula is C13H14N4S. The molecule has 0 bridgehead atoms. The highest BCUT2D eigenvalue weighted by molar-refractivity contribution is 7.99. The molecule has 2 rings (SSSR count). The van der Waals surface area contributed by atoms with Crippen LogP contribution in [0.2, 0.25) is 0 Å². The van der Waals surface area contributed by atoms with Crippen molar-refractivity contribution in [1.29, 1.82) is 5.26 Å². The summed E-state index contributed by atoms with van der Waals surface area (Å²) in [5.41, 5.74) is 1.80. The van der Waals surface area contributed by atoms with E-state index in [2.05, 4.69) is 16.4 Å². The van der Waals surface area contributed by atoms with E-state index in [0.29, 0.717) is 5.56 Å². The van der Waals surface area contributed by atoms with E-state index in [-0.39, 0.29) is 0 Å². The number of nitrogens with zero attached hydrogens (tertiary/aromatic N) is 3. The number of hydrogen-bond acceptors (Lipinski definition) is 4. The van der Waals surface area contributed by atoms with E-state index in [4.69, 9.17) is 0 Å². The van der Waals surface area contributed by atoms with E-state index < -0.39 is 0 Å². The molecule has 0 saturated heterocycles. The van der Waals surface area contributed by atoms with Gasteiger partial charge in [-0.15, -0.1) is 0 Å². The van der Waals surface area contributed by atoms with Gasteiger partial charge in [-0.3, -0.25) is 0 Å². The van der Waals surface area contributed by atoms with Gasteiger partial charge in [-0.1, -0.05) is 17.8 Å². The first-order chi connectivity index (χ1) is 8.74. The Hall–Kier alpha value is -1.77. The smallest absolute Gasteiger partial charge is 0.172 e. The monoisotopic (exact) mass is 258 g/mol. The number of aryl methyl sites for hydroxylation is 1. The van der Waals surface area contributed by atoms with Crippen molar-refractivity contribution in [1.82, 2.24) is 14.9 Å². The lowest BCUT2D eigenvalue weighted by Gasteiger charge is -2.06. The Balaban J connectivity index is 2.28. The number of benzene rings is 1. The molecular weight excluding hydrogens is 244 g/mol. The number of nitrogens with one attached hydrogen (secondary N) is 1. The van der Waals surface area contributed by atoms with Gasteiger partial charge >= 0.3 is 0 Å². The first-order valence-electron chi connectivity index (χ1n) is 5.57. The SMILES string of the molecule is CNCc1ccc(Sc2nccn2C)c(C#N)c1. The Bertz CT molecular complexity index is 583. The number of imidazole rings is 1. The first kappa shape index (κ1) is 12.7. The summed E-state index contributed by atoms with van der Waals surface area (Å²) < 4.78 is 1.94. The molecule has 0 atom stereocenters. The van der Waals surface area contributed by atoms with E-state index in [0.717, 1.165) is 22.2 Å². The topological polar surface area (TPSA) is 53.6 Å². The van der Waals surface area contributed by atoms with Crippen LogP contribution in [-0.4, -0.2) is 16.6 Å². The maximum atomic E-state index is 9.20. The summed E-state index contributed by atoms with van der Waals surface area (Å²) in [5, 5.41) is 13.2. The van der Waals surface area contributed by atoms with E-state index in [1.165, 1.54) is 11.8 Å². The molecule has 2 aromatic rings. The largest absolute Gasteiger partial charge is 0.329 e. The van der Waals surface area contributed by atoms with Gasteiger partial charge in [0.05, 0.1) is 5.56 Å². The summed E-state index contributed by atoms with van der Waals surface area (Å²) in [6, 6.07) is 8.17. The average Bonchev–Trinajstić information content (AvgIpc) is 2.77. The van der Waals surface area contributed by atoms with Gasteiger partial charge in [0.15, 0.2) is 5.16 Å². The Morgan fingerprint density at radius 1 is 1.50 bits per heavy atom. The maximum Gasteiger partial charge on any atom is 0.172 e. The van der Waals surface area contributed by atoms with Crippen molar-refractivity contribution in [2.45, 2.75) is 16.6 Å². The number of rotatable bonds is 4. The predicted octanol–water partition coefficient (Wildman–Crippen LogP) is 2.16.